The lowest BCUT2D eigenvalue weighted by Gasteiger charge is -2.19. The molecule has 0 aliphatic rings. The number of rotatable bonds is 9. The largest absolute Gasteiger partial charge is 0.490 e. The number of carbonyl (C=O) groups is 1. The minimum atomic E-state index is -0.755. The van der Waals surface area contributed by atoms with Crippen molar-refractivity contribution in [2.24, 2.45) is 5.92 Å². The highest BCUT2D eigenvalue weighted by Crippen LogP contribution is 2.24. The molecule has 0 heterocycles. The summed E-state index contributed by atoms with van der Waals surface area (Å²) in [5.74, 6) is 0.446. The molecule has 2 rings (SSSR count). The minimum Gasteiger partial charge on any atom is -0.490 e. The molecule has 4 nitrogen and oxygen atoms in total. The van der Waals surface area contributed by atoms with E-state index in [4.69, 9.17) is 9.47 Å². The van der Waals surface area contributed by atoms with E-state index < -0.39 is 5.97 Å². The zero-order valence-corrected chi connectivity index (χ0v) is 16.7. The van der Waals surface area contributed by atoms with Crippen molar-refractivity contribution >= 4 is 5.97 Å². The molecule has 1 unspecified atom stereocenters. The molecular weight excluding hydrogens is 340 g/mol. The zero-order chi connectivity index (χ0) is 19.9. The lowest BCUT2D eigenvalue weighted by molar-refractivity contribution is -0.141. The summed E-state index contributed by atoms with van der Waals surface area (Å²) in [6.45, 7) is 9.33. The van der Waals surface area contributed by atoms with Gasteiger partial charge in [-0.3, -0.25) is 4.79 Å². The highest BCUT2D eigenvalue weighted by Gasteiger charge is 2.16. The van der Waals surface area contributed by atoms with Gasteiger partial charge in [0.2, 0.25) is 0 Å². The second-order valence-corrected chi connectivity index (χ2v) is 7.77. The molecule has 0 amide bonds. The molecule has 0 spiro atoms. The predicted molar refractivity (Wildman–Crippen MR) is 108 cm³/mol. The summed E-state index contributed by atoms with van der Waals surface area (Å²) in [4.78, 5) is 11.2. The van der Waals surface area contributed by atoms with Gasteiger partial charge in [-0.1, -0.05) is 52.0 Å². The number of hydrogen-bond acceptors (Lipinski definition) is 3. The van der Waals surface area contributed by atoms with Gasteiger partial charge >= 0.3 is 5.97 Å². The molecule has 1 N–H and O–H groups in total. The molecule has 0 bridgehead atoms. The van der Waals surface area contributed by atoms with Crippen LogP contribution in [0.4, 0.5) is 0 Å². The van der Waals surface area contributed by atoms with Gasteiger partial charge in [-0.15, -0.1) is 0 Å². The molecule has 0 aliphatic heterocycles. The van der Waals surface area contributed by atoms with Crippen LogP contribution in [0.25, 0.3) is 0 Å². The van der Waals surface area contributed by atoms with Crippen molar-refractivity contribution in [3.05, 3.63) is 59.7 Å². The normalized spacial score (nSPS) is 12.4. The standard InChI is InChI=1S/C23H30O4/c1-5-18(22(24)25)15-17-7-6-8-21(16-17)27-14-13-26-20-11-9-19(10-12-20)23(2,3)4/h6-12,16,18H,5,13-15H2,1-4H3,(H,24,25). The number of ether oxygens (including phenoxy) is 2. The molecule has 4 heteroatoms. The van der Waals surface area contributed by atoms with Gasteiger partial charge in [-0.2, -0.15) is 0 Å². The average molecular weight is 370 g/mol. The molecular formula is C23H30O4. The fraction of sp³-hybridized carbons (Fsp3) is 0.435. The van der Waals surface area contributed by atoms with Crippen molar-refractivity contribution in [2.75, 3.05) is 13.2 Å². The molecule has 27 heavy (non-hydrogen) atoms. The van der Waals surface area contributed by atoms with Gasteiger partial charge < -0.3 is 14.6 Å². The van der Waals surface area contributed by atoms with Crippen molar-refractivity contribution in [2.45, 2.75) is 46.0 Å². The van der Waals surface area contributed by atoms with Crippen molar-refractivity contribution in [3.8, 4) is 11.5 Å². The molecule has 0 saturated carbocycles. The summed E-state index contributed by atoms with van der Waals surface area (Å²) < 4.78 is 11.5. The average Bonchev–Trinajstić information content (AvgIpc) is 2.63. The van der Waals surface area contributed by atoms with Crippen LogP contribution in [-0.2, 0) is 16.6 Å². The molecule has 0 radical (unpaired) electrons. The fourth-order valence-electron chi connectivity index (χ4n) is 2.82. The number of carboxylic acid groups (broad SMARTS) is 1. The van der Waals surface area contributed by atoms with Crippen LogP contribution < -0.4 is 9.47 Å². The predicted octanol–water partition coefficient (Wildman–Crippen LogP) is 5.10. The summed E-state index contributed by atoms with van der Waals surface area (Å²) in [7, 11) is 0. The molecule has 2 aromatic carbocycles. The van der Waals surface area contributed by atoms with Crippen LogP contribution in [0, 0.1) is 5.92 Å². The lowest BCUT2D eigenvalue weighted by atomic mass is 9.87. The van der Waals surface area contributed by atoms with Crippen LogP contribution in [0.1, 0.15) is 45.2 Å². The molecule has 0 fully saturated rings. The second-order valence-electron chi connectivity index (χ2n) is 7.77. The molecule has 0 aliphatic carbocycles. The maximum absolute atomic E-state index is 11.2. The second kappa shape index (κ2) is 9.45. The Morgan fingerprint density at radius 1 is 1.00 bits per heavy atom. The maximum atomic E-state index is 11.2. The first-order valence-electron chi connectivity index (χ1n) is 9.47. The van der Waals surface area contributed by atoms with E-state index in [0.717, 1.165) is 17.1 Å². The molecule has 0 saturated heterocycles. The minimum absolute atomic E-state index is 0.129. The molecule has 2 aromatic rings. The number of aliphatic carboxylic acids is 1. The van der Waals surface area contributed by atoms with E-state index in [2.05, 4.69) is 32.9 Å². The van der Waals surface area contributed by atoms with Crippen molar-refractivity contribution in [1.29, 1.82) is 0 Å². The van der Waals surface area contributed by atoms with E-state index in [0.29, 0.717) is 26.1 Å². The SMILES string of the molecule is CCC(Cc1cccc(OCCOc2ccc(C(C)(C)C)cc2)c1)C(=O)O. The third-order valence-corrected chi connectivity index (χ3v) is 4.56. The van der Waals surface area contributed by atoms with Crippen molar-refractivity contribution in [3.63, 3.8) is 0 Å². The lowest BCUT2D eigenvalue weighted by Crippen LogP contribution is -2.15. The zero-order valence-electron chi connectivity index (χ0n) is 16.7. The van der Waals surface area contributed by atoms with Crippen LogP contribution in [-0.4, -0.2) is 24.3 Å². The monoisotopic (exact) mass is 370 g/mol. The number of carboxylic acids is 1. The van der Waals surface area contributed by atoms with Crippen molar-refractivity contribution in [1.82, 2.24) is 0 Å². The third-order valence-electron chi connectivity index (χ3n) is 4.56. The summed E-state index contributed by atoms with van der Waals surface area (Å²) >= 11 is 0. The van der Waals surface area contributed by atoms with Crippen LogP contribution in [0.3, 0.4) is 0 Å². The Bertz CT molecular complexity index is 729. The topological polar surface area (TPSA) is 55.8 Å². The Kier molecular flexibility index (Phi) is 7.28. The number of benzene rings is 2. The quantitative estimate of drug-likeness (QED) is 0.624. The molecule has 146 valence electrons. The fourth-order valence-corrected chi connectivity index (χ4v) is 2.82. The highest BCUT2D eigenvalue weighted by molar-refractivity contribution is 5.70. The van der Waals surface area contributed by atoms with Gasteiger partial charge in [-0.05, 0) is 53.6 Å². The highest BCUT2D eigenvalue weighted by atomic mass is 16.5. The first-order chi connectivity index (χ1) is 12.8. The van der Waals surface area contributed by atoms with Crippen LogP contribution in [0.2, 0.25) is 0 Å². The first kappa shape index (κ1) is 20.8. The van der Waals surface area contributed by atoms with E-state index in [1.165, 1.54) is 5.56 Å². The third kappa shape index (κ3) is 6.63. The van der Waals surface area contributed by atoms with Crippen LogP contribution in [0.5, 0.6) is 11.5 Å². The summed E-state index contributed by atoms with van der Waals surface area (Å²) in [5.41, 5.74) is 2.37. The van der Waals surface area contributed by atoms with E-state index in [1.54, 1.807) is 0 Å². The Morgan fingerprint density at radius 2 is 1.63 bits per heavy atom. The van der Waals surface area contributed by atoms with Gasteiger partial charge in [0.25, 0.3) is 0 Å². The Balaban J connectivity index is 1.82. The van der Waals surface area contributed by atoms with Gasteiger partial charge in [0.1, 0.15) is 24.7 Å². The Morgan fingerprint density at radius 3 is 2.19 bits per heavy atom. The Labute approximate surface area is 162 Å². The maximum Gasteiger partial charge on any atom is 0.306 e. The van der Waals surface area contributed by atoms with E-state index >= 15 is 0 Å². The van der Waals surface area contributed by atoms with E-state index in [1.807, 2.05) is 43.3 Å². The van der Waals surface area contributed by atoms with Gasteiger partial charge in [0.15, 0.2) is 0 Å². The summed E-state index contributed by atoms with van der Waals surface area (Å²) in [6.07, 6.45) is 1.13. The van der Waals surface area contributed by atoms with Gasteiger partial charge in [0.05, 0.1) is 5.92 Å². The summed E-state index contributed by atoms with van der Waals surface area (Å²) in [5, 5.41) is 9.20. The van der Waals surface area contributed by atoms with Crippen LogP contribution >= 0.6 is 0 Å². The smallest absolute Gasteiger partial charge is 0.306 e. The van der Waals surface area contributed by atoms with E-state index in [-0.39, 0.29) is 11.3 Å². The summed E-state index contributed by atoms with van der Waals surface area (Å²) in [6, 6.07) is 15.8. The van der Waals surface area contributed by atoms with Gasteiger partial charge in [0, 0.05) is 0 Å². The Hall–Kier alpha value is -2.49. The number of hydrogen-bond donors (Lipinski definition) is 1. The van der Waals surface area contributed by atoms with E-state index in [9.17, 15) is 9.90 Å². The van der Waals surface area contributed by atoms with Gasteiger partial charge in [-0.25, -0.2) is 0 Å². The molecule has 0 aromatic heterocycles. The first-order valence-corrected chi connectivity index (χ1v) is 9.47. The van der Waals surface area contributed by atoms with Crippen LogP contribution in [0.15, 0.2) is 48.5 Å². The molecule has 1 atom stereocenters. The van der Waals surface area contributed by atoms with Crippen molar-refractivity contribution < 1.29 is 19.4 Å².